The van der Waals surface area contributed by atoms with E-state index >= 15 is 4.57 Å². The predicted molar refractivity (Wildman–Crippen MR) is 163 cm³/mol. The Morgan fingerprint density at radius 3 is 1.90 bits per heavy atom. The monoisotopic (exact) mass is 574 g/mol. The number of nitrogens with zero attached hydrogens (tertiary/aromatic N) is 2. The largest absolute Gasteiger partial charge is 0.447 e. The lowest BCUT2D eigenvalue weighted by molar-refractivity contribution is -0.155. The van der Waals surface area contributed by atoms with Crippen LogP contribution in [0, 0.1) is 5.92 Å². The van der Waals surface area contributed by atoms with Crippen molar-refractivity contribution < 1.29 is 18.9 Å². The number of carbonyl (C=O) groups excluding carboxylic acids is 2. The van der Waals surface area contributed by atoms with Crippen molar-refractivity contribution in [3.05, 3.63) is 144 Å². The van der Waals surface area contributed by atoms with Crippen molar-refractivity contribution in [2.75, 3.05) is 13.2 Å². The summed E-state index contributed by atoms with van der Waals surface area (Å²) in [5.74, 6) is 1.75. The summed E-state index contributed by atoms with van der Waals surface area (Å²) in [6.45, 7) is 0.600. The second-order valence-electron chi connectivity index (χ2n) is 11.1. The zero-order valence-electron chi connectivity index (χ0n) is 23.0. The van der Waals surface area contributed by atoms with Crippen molar-refractivity contribution in [2.45, 2.75) is 24.5 Å². The van der Waals surface area contributed by atoms with Crippen molar-refractivity contribution in [3.8, 4) is 0 Å². The van der Waals surface area contributed by atoms with E-state index in [9.17, 15) is 9.59 Å². The van der Waals surface area contributed by atoms with E-state index in [1.807, 2.05) is 120 Å². The highest BCUT2D eigenvalue weighted by atomic mass is 31.2. The first kappa shape index (κ1) is 26.5. The molecule has 210 valence electrons. The smallest absolute Gasteiger partial charge is 0.411 e. The van der Waals surface area contributed by atoms with Crippen LogP contribution in [0.3, 0.4) is 0 Å². The van der Waals surface area contributed by atoms with Gasteiger partial charge in [-0.15, -0.1) is 0 Å². The molecule has 4 aromatic carbocycles. The summed E-state index contributed by atoms with van der Waals surface area (Å²) in [4.78, 5) is 30.4. The highest BCUT2D eigenvalue weighted by Crippen LogP contribution is 2.52. The summed E-state index contributed by atoms with van der Waals surface area (Å²) in [6.07, 6.45) is 0.206. The van der Waals surface area contributed by atoms with Crippen LogP contribution < -0.4 is 10.6 Å². The highest BCUT2D eigenvalue weighted by molar-refractivity contribution is 7.81. The first-order valence-electron chi connectivity index (χ1n) is 14.3. The molecule has 0 aromatic heterocycles. The van der Waals surface area contributed by atoms with Crippen molar-refractivity contribution in [1.29, 1.82) is 0 Å². The minimum Gasteiger partial charge on any atom is -0.447 e. The quantitative estimate of drug-likeness (QED) is 0.215. The summed E-state index contributed by atoms with van der Waals surface area (Å²) >= 11 is 0. The topological polar surface area (TPSA) is 66.9 Å². The Kier molecular flexibility index (Phi) is 6.79. The molecule has 3 aliphatic heterocycles. The molecular weight excluding hydrogens is 543 g/mol. The van der Waals surface area contributed by atoms with Gasteiger partial charge in [-0.2, -0.15) is 0 Å². The molecule has 42 heavy (non-hydrogen) atoms. The number of hydrogen-bond donors (Lipinski definition) is 0. The molecule has 0 saturated carbocycles. The molecule has 0 radical (unpaired) electrons. The molecule has 2 amide bonds. The number of hydrogen-bond acceptors (Lipinski definition) is 4. The van der Waals surface area contributed by atoms with Gasteiger partial charge in [0.2, 0.25) is 5.91 Å². The van der Waals surface area contributed by atoms with E-state index in [2.05, 4.69) is 12.1 Å². The molecule has 3 saturated heterocycles. The van der Waals surface area contributed by atoms with Crippen LogP contribution in [0.15, 0.2) is 133 Å². The van der Waals surface area contributed by atoms with Gasteiger partial charge >= 0.3 is 6.09 Å². The third-order valence-corrected chi connectivity index (χ3v) is 11.6. The van der Waals surface area contributed by atoms with Crippen molar-refractivity contribution in [2.24, 2.45) is 5.92 Å². The van der Waals surface area contributed by atoms with Gasteiger partial charge in [0.15, 0.2) is 7.14 Å². The molecule has 0 N–H and O–H groups in total. The van der Waals surface area contributed by atoms with Gasteiger partial charge in [-0.25, -0.2) is 4.79 Å². The maximum absolute atomic E-state index is 15.0. The normalized spacial score (nSPS) is 24.4. The van der Waals surface area contributed by atoms with Gasteiger partial charge in [0, 0.05) is 23.1 Å². The summed E-state index contributed by atoms with van der Waals surface area (Å²) in [7, 11) is -3.18. The lowest BCUT2D eigenvalue weighted by Crippen LogP contribution is -2.70. The van der Waals surface area contributed by atoms with Crippen LogP contribution in [-0.4, -0.2) is 47.0 Å². The van der Waals surface area contributed by atoms with E-state index in [0.29, 0.717) is 13.0 Å². The van der Waals surface area contributed by atoms with E-state index in [4.69, 9.17) is 4.74 Å². The average molecular weight is 575 g/mol. The van der Waals surface area contributed by atoms with Gasteiger partial charge in [-0.1, -0.05) is 121 Å². The molecule has 6 nitrogen and oxygen atoms in total. The standard InChI is InChI=1S/C35H31N2O4P/c38-34-33(37-31(23-41-35(37)39)26-15-7-2-8-16-26)32-30(21-25-13-5-1-6-14-25)27(22-36(32)34)24-42(40,28-17-9-3-10-18-28)29-19-11-4-12-20-29/h1-20,24,30-33H,21-23H2/b27-24+/t30-,31-,32-,33+/m1/s1. The van der Waals surface area contributed by atoms with Crippen LogP contribution in [0.1, 0.15) is 17.2 Å². The first-order valence-corrected chi connectivity index (χ1v) is 16.1. The molecule has 0 aliphatic carbocycles. The van der Waals surface area contributed by atoms with Crippen LogP contribution in [0.4, 0.5) is 4.79 Å². The molecule has 4 atom stereocenters. The highest BCUT2D eigenvalue weighted by Gasteiger charge is 2.62. The lowest BCUT2D eigenvalue weighted by atomic mass is 9.81. The maximum atomic E-state index is 15.0. The van der Waals surface area contributed by atoms with Crippen LogP contribution >= 0.6 is 7.14 Å². The molecule has 7 heteroatoms. The second-order valence-corrected chi connectivity index (χ2v) is 13.7. The van der Waals surface area contributed by atoms with E-state index in [0.717, 1.165) is 27.3 Å². The van der Waals surface area contributed by atoms with Crippen molar-refractivity contribution in [3.63, 3.8) is 0 Å². The van der Waals surface area contributed by atoms with E-state index < -0.39 is 19.3 Å². The Bertz CT molecular complexity index is 1630. The minimum atomic E-state index is -3.18. The number of fused-ring (bicyclic) bond motifs is 1. The Balaban J connectivity index is 1.32. The summed E-state index contributed by atoms with van der Waals surface area (Å²) in [5, 5.41) is 1.51. The predicted octanol–water partition coefficient (Wildman–Crippen LogP) is 5.53. The number of benzene rings is 4. The zero-order valence-corrected chi connectivity index (χ0v) is 23.9. The van der Waals surface area contributed by atoms with E-state index in [-0.39, 0.29) is 30.5 Å². The maximum Gasteiger partial charge on any atom is 0.411 e. The number of ether oxygens (including phenoxy) is 1. The molecular formula is C35H31N2O4P. The van der Waals surface area contributed by atoms with Gasteiger partial charge < -0.3 is 14.2 Å². The Labute approximate surface area is 245 Å². The fraction of sp³-hybridized carbons (Fsp3) is 0.200. The fourth-order valence-corrected chi connectivity index (χ4v) is 9.31. The first-order chi connectivity index (χ1) is 20.5. The summed E-state index contributed by atoms with van der Waals surface area (Å²) < 4.78 is 20.6. The molecule has 3 aliphatic rings. The Morgan fingerprint density at radius 2 is 1.31 bits per heavy atom. The molecule has 0 bridgehead atoms. The Morgan fingerprint density at radius 1 is 0.762 bits per heavy atom. The molecule has 3 fully saturated rings. The van der Waals surface area contributed by atoms with Crippen LogP contribution in [0.5, 0.6) is 0 Å². The summed E-state index contributed by atoms with van der Waals surface area (Å²) in [5.41, 5.74) is 3.05. The lowest BCUT2D eigenvalue weighted by Gasteiger charge is -2.49. The third-order valence-electron chi connectivity index (χ3n) is 8.78. The van der Waals surface area contributed by atoms with Gasteiger partial charge in [0.1, 0.15) is 12.6 Å². The number of amides is 2. The van der Waals surface area contributed by atoms with Crippen LogP contribution in [0.2, 0.25) is 0 Å². The van der Waals surface area contributed by atoms with E-state index in [1.165, 1.54) is 0 Å². The minimum absolute atomic E-state index is 0.0875. The molecule has 4 aromatic rings. The Hall–Kier alpha value is -4.41. The molecule has 0 unspecified atom stereocenters. The fourth-order valence-electron chi connectivity index (χ4n) is 6.75. The van der Waals surface area contributed by atoms with Gasteiger partial charge in [-0.3, -0.25) is 9.69 Å². The van der Waals surface area contributed by atoms with Crippen LogP contribution in [0.25, 0.3) is 0 Å². The van der Waals surface area contributed by atoms with Crippen LogP contribution in [-0.2, 0) is 20.5 Å². The average Bonchev–Trinajstić information content (AvgIpc) is 3.56. The molecule has 0 spiro atoms. The SMILES string of the molecule is O=C1[C@@H](N2C(=O)OC[C@@H]2c2ccccc2)[C@H]2[C@H](Cc3ccccc3)/C(=C/P(=O)(c3ccccc3)c3ccccc3)CN12. The number of cyclic esters (lactones) is 1. The summed E-state index contributed by atoms with van der Waals surface area (Å²) in [6, 6.07) is 37.9. The van der Waals surface area contributed by atoms with Gasteiger partial charge in [0.25, 0.3) is 0 Å². The number of carbonyl (C=O) groups is 2. The van der Waals surface area contributed by atoms with Crippen molar-refractivity contribution >= 4 is 29.8 Å². The second kappa shape index (κ2) is 10.8. The molecule has 3 heterocycles. The van der Waals surface area contributed by atoms with Crippen molar-refractivity contribution in [1.82, 2.24) is 9.80 Å². The van der Waals surface area contributed by atoms with Gasteiger partial charge in [0.05, 0.1) is 12.1 Å². The zero-order chi connectivity index (χ0) is 28.7. The van der Waals surface area contributed by atoms with E-state index in [1.54, 1.807) is 4.90 Å². The molecule has 7 rings (SSSR count). The van der Waals surface area contributed by atoms with Gasteiger partial charge in [-0.05, 0) is 28.9 Å². The number of rotatable bonds is 7. The third kappa shape index (κ3) is 4.47. The number of β-lactam (4-membered cyclic amide) rings is 1.